The molecule has 0 atom stereocenters. The molecule has 0 aliphatic carbocycles. The molecule has 2 aromatic rings. The Morgan fingerprint density at radius 1 is 1.17 bits per heavy atom. The molecule has 2 rings (SSSR count). The summed E-state index contributed by atoms with van der Waals surface area (Å²) in [4.78, 5) is 18.4. The molecule has 29 heavy (non-hydrogen) atoms. The number of rotatable bonds is 9. The van der Waals surface area contributed by atoms with Crippen LogP contribution in [0.4, 0.5) is 0 Å². The monoisotopic (exact) mass is 392 g/mol. The Bertz CT molecular complexity index is 819. The fourth-order valence-electron chi connectivity index (χ4n) is 3.08. The van der Waals surface area contributed by atoms with Gasteiger partial charge in [-0.3, -0.25) is 9.78 Å². The number of aryl methyl sites for hydroxylation is 1. The maximum Gasteiger partial charge on any atom is 0.159 e. The molecule has 0 aliphatic heterocycles. The average Bonchev–Trinajstić information content (AvgIpc) is 2.75. The van der Waals surface area contributed by atoms with Crippen LogP contribution < -0.4 is 0 Å². The number of Topliss-reactive ketones (excluding diaryl/α,β-unsaturated/α-hetero) is 1. The molecule has 0 N–H and O–H groups in total. The predicted molar refractivity (Wildman–Crippen MR) is 125 cm³/mol. The SMILES string of the molecule is C=C(c1cc(C(C)=O)ccn1)N(CCc1ccc(C)cc1)/C(=C\C)CCC.CC. The van der Waals surface area contributed by atoms with E-state index in [1.54, 1.807) is 19.2 Å². The van der Waals surface area contributed by atoms with Gasteiger partial charge in [0, 0.05) is 24.0 Å². The lowest BCUT2D eigenvalue weighted by atomic mass is 10.1. The minimum atomic E-state index is 0.0393. The van der Waals surface area contributed by atoms with Crippen LogP contribution in [0.15, 0.2) is 60.9 Å². The summed E-state index contributed by atoms with van der Waals surface area (Å²) in [6, 6.07) is 12.2. The number of carbonyl (C=O) groups is 1. The Morgan fingerprint density at radius 3 is 2.38 bits per heavy atom. The lowest BCUT2D eigenvalue weighted by Gasteiger charge is -2.29. The number of allylic oxidation sites excluding steroid dienone is 2. The van der Waals surface area contributed by atoms with E-state index in [0.29, 0.717) is 5.56 Å². The first-order chi connectivity index (χ1) is 14.0. The maximum atomic E-state index is 11.7. The first kappa shape index (κ1) is 24.4. The summed E-state index contributed by atoms with van der Waals surface area (Å²) in [7, 11) is 0. The van der Waals surface area contributed by atoms with Crippen LogP contribution >= 0.6 is 0 Å². The number of hydrogen-bond acceptors (Lipinski definition) is 3. The van der Waals surface area contributed by atoms with Gasteiger partial charge >= 0.3 is 0 Å². The quantitative estimate of drug-likeness (QED) is 0.438. The number of carbonyl (C=O) groups excluding carboxylic acids is 1. The highest BCUT2D eigenvalue weighted by Crippen LogP contribution is 2.24. The molecule has 1 aromatic carbocycles. The molecule has 0 bridgehead atoms. The third-order valence-corrected chi connectivity index (χ3v) is 4.72. The van der Waals surface area contributed by atoms with Crippen LogP contribution in [-0.2, 0) is 6.42 Å². The molecule has 1 aromatic heterocycles. The summed E-state index contributed by atoms with van der Waals surface area (Å²) in [6.07, 6.45) is 6.81. The Balaban J connectivity index is 0.00000204. The van der Waals surface area contributed by atoms with Crippen molar-refractivity contribution in [3.05, 3.63) is 83.3 Å². The van der Waals surface area contributed by atoms with Gasteiger partial charge in [0.15, 0.2) is 5.78 Å². The van der Waals surface area contributed by atoms with E-state index in [1.807, 2.05) is 19.9 Å². The molecule has 0 fully saturated rings. The summed E-state index contributed by atoms with van der Waals surface area (Å²) >= 11 is 0. The molecular formula is C26H36N2O. The molecule has 3 heteroatoms. The van der Waals surface area contributed by atoms with Crippen molar-refractivity contribution in [3.63, 3.8) is 0 Å². The van der Waals surface area contributed by atoms with Gasteiger partial charge in [-0.15, -0.1) is 0 Å². The largest absolute Gasteiger partial charge is 0.344 e. The lowest BCUT2D eigenvalue weighted by Crippen LogP contribution is -2.24. The number of ketones is 1. The number of nitrogens with zero attached hydrogens (tertiary/aromatic N) is 2. The number of hydrogen-bond donors (Lipinski definition) is 0. The normalized spacial score (nSPS) is 10.8. The van der Waals surface area contributed by atoms with Crippen molar-refractivity contribution in [2.45, 2.75) is 60.8 Å². The van der Waals surface area contributed by atoms with Gasteiger partial charge in [-0.1, -0.05) is 69.7 Å². The zero-order chi connectivity index (χ0) is 21.8. The molecular weight excluding hydrogens is 356 g/mol. The summed E-state index contributed by atoms with van der Waals surface area (Å²) in [6.45, 7) is 17.1. The Kier molecular flexibility index (Phi) is 10.7. The van der Waals surface area contributed by atoms with Crippen LogP contribution in [0.25, 0.3) is 5.70 Å². The third-order valence-electron chi connectivity index (χ3n) is 4.72. The van der Waals surface area contributed by atoms with Crippen molar-refractivity contribution >= 4 is 11.5 Å². The molecule has 0 amide bonds. The summed E-state index contributed by atoms with van der Waals surface area (Å²) in [5.41, 5.74) is 6.07. The number of benzene rings is 1. The van der Waals surface area contributed by atoms with Crippen LogP contribution in [-0.4, -0.2) is 22.2 Å². The molecule has 0 saturated carbocycles. The summed E-state index contributed by atoms with van der Waals surface area (Å²) in [5.74, 6) is 0.0393. The van der Waals surface area contributed by atoms with E-state index in [2.05, 4.69) is 67.6 Å². The van der Waals surface area contributed by atoms with E-state index in [0.717, 1.165) is 37.2 Å². The zero-order valence-electron chi connectivity index (χ0n) is 19.0. The molecule has 1 heterocycles. The molecule has 0 radical (unpaired) electrons. The van der Waals surface area contributed by atoms with Crippen molar-refractivity contribution < 1.29 is 4.79 Å². The Labute approximate surface area is 177 Å². The molecule has 3 nitrogen and oxygen atoms in total. The molecule has 0 spiro atoms. The van der Waals surface area contributed by atoms with Crippen molar-refractivity contribution in [2.24, 2.45) is 0 Å². The number of aromatic nitrogens is 1. The minimum absolute atomic E-state index is 0.0393. The summed E-state index contributed by atoms with van der Waals surface area (Å²) < 4.78 is 0. The topological polar surface area (TPSA) is 33.2 Å². The molecule has 0 saturated heterocycles. The van der Waals surface area contributed by atoms with Crippen molar-refractivity contribution in [3.8, 4) is 0 Å². The second-order valence-corrected chi connectivity index (χ2v) is 6.85. The van der Waals surface area contributed by atoms with E-state index < -0.39 is 0 Å². The van der Waals surface area contributed by atoms with E-state index in [-0.39, 0.29) is 5.78 Å². The summed E-state index contributed by atoms with van der Waals surface area (Å²) in [5, 5.41) is 0. The smallest absolute Gasteiger partial charge is 0.159 e. The standard InChI is InChI=1S/C24H30N2O.C2H6/c1-6-8-23(7-2)26(16-14-21-11-9-18(3)10-12-21)19(4)24-17-22(20(5)27)13-15-25-24;1-2/h7,9-13,15,17H,4,6,8,14,16H2,1-3,5H3;1-2H3/b23-7-;. The second kappa shape index (κ2) is 12.7. The number of pyridine rings is 1. The van der Waals surface area contributed by atoms with E-state index in [1.165, 1.54) is 16.8 Å². The van der Waals surface area contributed by atoms with Crippen LogP contribution in [0.2, 0.25) is 0 Å². The van der Waals surface area contributed by atoms with Crippen LogP contribution in [0.1, 0.15) is 74.6 Å². The fourth-order valence-corrected chi connectivity index (χ4v) is 3.08. The predicted octanol–water partition coefficient (Wildman–Crippen LogP) is 6.84. The Hall–Kier alpha value is -2.68. The van der Waals surface area contributed by atoms with Gasteiger partial charge in [0.2, 0.25) is 0 Å². The average molecular weight is 393 g/mol. The first-order valence-corrected chi connectivity index (χ1v) is 10.6. The van der Waals surface area contributed by atoms with E-state index in [4.69, 9.17) is 0 Å². The molecule has 0 unspecified atom stereocenters. The highest BCUT2D eigenvalue weighted by molar-refractivity contribution is 5.94. The van der Waals surface area contributed by atoms with Gasteiger partial charge in [0.25, 0.3) is 0 Å². The van der Waals surface area contributed by atoms with Gasteiger partial charge in [-0.25, -0.2) is 0 Å². The van der Waals surface area contributed by atoms with Crippen LogP contribution in [0.3, 0.4) is 0 Å². The van der Waals surface area contributed by atoms with Gasteiger partial charge in [0.05, 0.1) is 11.4 Å². The van der Waals surface area contributed by atoms with Gasteiger partial charge < -0.3 is 4.90 Å². The lowest BCUT2D eigenvalue weighted by molar-refractivity contribution is 0.101. The van der Waals surface area contributed by atoms with Gasteiger partial charge in [-0.05, 0) is 51.3 Å². The highest BCUT2D eigenvalue weighted by Gasteiger charge is 2.16. The maximum absolute atomic E-state index is 11.7. The zero-order valence-corrected chi connectivity index (χ0v) is 19.0. The third kappa shape index (κ3) is 7.34. The van der Waals surface area contributed by atoms with Gasteiger partial charge in [0.1, 0.15) is 0 Å². The highest BCUT2D eigenvalue weighted by atomic mass is 16.1. The fraction of sp³-hybridized carbons (Fsp3) is 0.385. The van der Waals surface area contributed by atoms with Crippen molar-refractivity contribution in [1.82, 2.24) is 9.88 Å². The van der Waals surface area contributed by atoms with Crippen LogP contribution in [0, 0.1) is 6.92 Å². The Morgan fingerprint density at radius 2 is 1.83 bits per heavy atom. The molecule has 0 aliphatic rings. The first-order valence-electron chi connectivity index (χ1n) is 10.6. The second-order valence-electron chi connectivity index (χ2n) is 6.85. The van der Waals surface area contributed by atoms with E-state index >= 15 is 0 Å². The minimum Gasteiger partial charge on any atom is -0.344 e. The van der Waals surface area contributed by atoms with Crippen molar-refractivity contribution in [2.75, 3.05) is 6.54 Å². The molecule has 156 valence electrons. The van der Waals surface area contributed by atoms with Crippen molar-refractivity contribution in [1.29, 1.82) is 0 Å². The van der Waals surface area contributed by atoms with Gasteiger partial charge in [-0.2, -0.15) is 0 Å². The van der Waals surface area contributed by atoms with Crippen LogP contribution in [0.5, 0.6) is 0 Å². The van der Waals surface area contributed by atoms with E-state index in [9.17, 15) is 4.79 Å².